The van der Waals surface area contributed by atoms with Gasteiger partial charge in [-0.3, -0.25) is 4.79 Å². The first kappa shape index (κ1) is 16.1. The summed E-state index contributed by atoms with van der Waals surface area (Å²) in [4.78, 5) is 16.9. The predicted octanol–water partition coefficient (Wildman–Crippen LogP) is 4.05. The van der Waals surface area contributed by atoms with Crippen molar-refractivity contribution in [3.8, 4) is 0 Å². The smallest absolute Gasteiger partial charge is 0.254 e. The summed E-state index contributed by atoms with van der Waals surface area (Å²) in [6.07, 6.45) is 8.41. The molecule has 1 heterocycles. The molecule has 0 radical (unpaired) electrons. The van der Waals surface area contributed by atoms with E-state index < -0.39 is 0 Å². The van der Waals surface area contributed by atoms with Crippen LogP contribution in [0, 0.1) is 0 Å². The molecule has 3 nitrogen and oxygen atoms in total. The van der Waals surface area contributed by atoms with Crippen molar-refractivity contribution in [3.05, 3.63) is 59.8 Å². The summed E-state index contributed by atoms with van der Waals surface area (Å²) in [5, 5.41) is 3.95. The maximum Gasteiger partial charge on any atom is 0.254 e. The van der Waals surface area contributed by atoms with Crippen molar-refractivity contribution in [1.29, 1.82) is 0 Å². The second kappa shape index (κ2) is 7.18. The lowest BCUT2D eigenvalue weighted by molar-refractivity contribution is 0.0939. The van der Waals surface area contributed by atoms with Crippen molar-refractivity contribution in [2.45, 2.75) is 36.1 Å². The number of hydrogen-bond donors (Lipinski definition) is 1. The Hall–Kier alpha value is -1.81. The Morgan fingerprint density at radius 3 is 2.61 bits per heavy atom. The fourth-order valence-corrected chi connectivity index (χ4v) is 4.03. The minimum Gasteiger partial charge on any atom is -0.351 e. The fraction of sp³-hybridized carbons (Fsp3) is 0.368. The molecule has 23 heavy (non-hydrogen) atoms. The van der Waals surface area contributed by atoms with Crippen LogP contribution >= 0.6 is 11.8 Å². The summed E-state index contributed by atoms with van der Waals surface area (Å²) in [6.45, 7) is 0.693. The van der Waals surface area contributed by atoms with E-state index in [9.17, 15) is 4.79 Å². The highest BCUT2D eigenvalue weighted by Gasteiger charge is 2.35. The number of nitrogens with zero attached hydrogens (tertiary/aromatic N) is 1. The Kier molecular flexibility index (Phi) is 5.01. The van der Waals surface area contributed by atoms with Crippen LogP contribution in [0.2, 0.25) is 0 Å². The zero-order valence-electron chi connectivity index (χ0n) is 13.4. The summed E-state index contributed by atoms with van der Waals surface area (Å²) in [5.41, 5.74) is 2.09. The molecule has 0 unspecified atom stereocenters. The van der Waals surface area contributed by atoms with E-state index in [0.29, 0.717) is 12.1 Å². The van der Waals surface area contributed by atoms with Gasteiger partial charge in [0.25, 0.3) is 5.91 Å². The predicted molar refractivity (Wildman–Crippen MR) is 94.9 cm³/mol. The van der Waals surface area contributed by atoms with Gasteiger partial charge in [0, 0.05) is 18.2 Å². The number of pyridine rings is 1. The van der Waals surface area contributed by atoms with Crippen LogP contribution in [0.1, 0.15) is 41.6 Å². The molecule has 0 spiro atoms. The Morgan fingerprint density at radius 2 is 1.91 bits per heavy atom. The van der Waals surface area contributed by atoms with Crippen LogP contribution in [-0.2, 0) is 5.41 Å². The van der Waals surface area contributed by atoms with E-state index in [1.807, 2.05) is 24.5 Å². The molecule has 0 saturated heterocycles. The molecule has 1 aliphatic rings. The maximum absolute atomic E-state index is 12.6. The minimum absolute atomic E-state index is 0.0235. The third-order valence-corrected chi connectivity index (χ3v) is 5.46. The first-order valence-corrected chi connectivity index (χ1v) is 9.30. The molecule has 1 N–H and O–H groups in total. The van der Waals surface area contributed by atoms with Gasteiger partial charge in [0.2, 0.25) is 0 Å². The zero-order valence-corrected chi connectivity index (χ0v) is 14.2. The van der Waals surface area contributed by atoms with Crippen LogP contribution in [0.15, 0.2) is 53.7 Å². The molecular weight excluding hydrogens is 304 g/mol. The second-order valence-electron chi connectivity index (χ2n) is 6.10. The van der Waals surface area contributed by atoms with E-state index in [4.69, 9.17) is 0 Å². The van der Waals surface area contributed by atoms with Gasteiger partial charge in [-0.2, -0.15) is 0 Å². The lowest BCUT2D eigenvalue weighted by Crippen LogP contribution is -2.39. The van der Waals surface area contributed by atoms with Crippen LogP contribution in [0.25, 0.3) is 0 Å². The lowest BCUT2D eigenvalue weighted by atomic mass is 9.79. The molecule has 2 aromatic rings. The van der Waals surface area contributed by atoms with Crippen molar-refractivity contribution >= 4 is 17.7 Å². The molecule has 3 rings (SSSR count). The number of thioether (sulfide) groups is 1. The van der Waals surface area contributed by atoms with Crippen LogP contribution in [0.3, 0.4) is 0 Å². The van der Waals surface area contributed by atoms with Crippen molar-refractivity contribution in [1.82, 2.24) is 10.3 Å². The van der Waals surface area contributed by atoms with E-state index in [0.717, 1.165) is 17.9 Å². The molecule has 1 amide bonds. The average Bonchev–Trinajstić information content (AvgIpc) is 3.10. The first-order valence-electron chi connectivity index (χ1n) is 8.08. The van der Waals surface area contributed by atoms with Gasteiger partial charge in [0.15, 0.2) is 0 Å². The monoisotopic (exact) mass is 326 g/mol. The number of carbonyl (C=O) groups is 1. The van der Waals surface area contributed by atoms with Gasteiger partial charge in [0.05, 0.1) is 5.56 Å². The highest BCUT2D eigenvalue weighted by molar-refractivity contribution is 7.98. The third-order valence-electron chi connectivity index (χ3n) is 4.74. The maximum atomic E-state index is 12.6. The first-order chi connectivity index (χ1) is 11.2. The van der Waals surface area contributed by atoms with Crippen molar-refractivity contribution in [3.63, 3.8) is 0 Å². The third kappa shape index (κ3) is 3.42. The van der Waals surface area contributed by atoms with Gasteiger partial charge in [0.1, 0.15) is 5.03 Å². The van der Waals surface area contributed by atoms with Gasteiger partial charge in [-0.1, -0.05) is 43.2 Å². The molecular formula is C19H22N2OS. The molecule has 0 bridgehead atoms. The minimum atomic E-state index is -0.0235. The Morgan fingerprint density at radius 1 is 1.17 bits per heavy atom. The summed E-state index contributed by atoms with van der Waals surface area (Å²) in [7, 11) is 0. The van der Waals surface area contributed by atoms with Crippen molar-refractivity contribution < 1.29 is 4.79 Å². The van der Waals surface area contributed by atoms with Crippen LogP contribution in [0.5, 0.6) is 0 Å². The van der Waals surface area contributed by atoms with Crippen molar-refractivity contribution in [2.24, 2.45) is 0 Å². The van der Waals surface area contributed by atoms with Crippen LogP contribution in [-0.4, -0.2) is 23.7 Å². The number of hydrogen-bond acceptors (Lipinski definition) is 3. The Bertz CT molecular complexity index is 666. The van der Waals surface area contributed by atoms with Crippen molar-refractivity contribution in [2.75, 3.05) is 12.8 Å². The number of nitrogens with one attached hydrogen (secondary N) is 1. The Balaban J connectivity index is 1.76. The quantitative estimate of drug-likeness (QED) is 0.843. The highest BCUT2D eigenvalue weighted by atomic mass is 32.2. The zero-order chi connectivity index (χ0) is 16.1. The SMILES string of the molecule is CSc1ncccc1C(=O)NCC1(c2ccccc2)CCCC1. The summed E-state index contributed by atoms with van der Waals surface area (Å²) >= 11 is 1.51. The molecule has 4 heteroatoms. The number of rotatable bonds is 5. The topological polar surface area (TPSA) is 42.0 Å². The van der Waals surface area contributed by atoms with E-state index in [2.05, 4.69) is 34.6 Å². The number of amides is 1. The molecule has 0 aliphatic heterocycles. The van der Waals surface area contributed by atoms with Crippen LogP contribution < -0.4 is 5.32 Å². The van der Waals surface area contributed by atoms with E-state index in [-0.39, 0.29) is 11.3 Å². The fourth-order valence-electron chi connectivity index (χ4n) is 3.48. The van der Waals surface area contributed by atoms with Crippen LogP contribution in [0.4, 0.5) is 0 Å². The van der Waals surface area contributed by atoms with Gasteiger partial charge in [-0.15, -0.1) is 11.8 Å². The molecule has 1 aromatic carbocycles. The Labute approximate surface area is 141 Å². The number of benzene rings is 1. The van der Waals surface area contributed by atoms with Gasteiger partial charge < -0.3 is 5.32 Å². The van der Waals surface area contributed by atoms with E-state index >= 15 is 0 Å². The lowest BCUT2D eigenvalue weighted by Gasteiger charge is -2.30. The molecule has 1 saturated carbocycles. The highest BCUT2D eigenvalue weighted by Crippen LogP contribution is 2.40. The molecule has 0 atom stereocenters. The normalized spacial score (nSPS) is 16.2. The van der Waals surface area contributed by atoms with Gasteiger partial charge in [-0.05, 0) is 36.8 Å². The summed E-state index contributed by atoms with van der Waals surface area (Å²) in [5.74, 6) is -0.0235. The number of carbonyl (C=O) groups excluding carboxylic acids is 1. The average molecular weight is 326 g/mol. The molecule has 1 aliphatic carbocycles. The van der Waals surface area contributed by atoms with Gasteiger partial charge >= 0.3 is 0 Å². The largest absolute Gasteiger partial charge is 0.351 e. The summed E-state index contributed by atoms with van der Waals surface area (Å²) in [6, 6.07) is 14.3. The molecule has 120 valence electrons. The standard InChI is InChI=1S/C19H22N2OS/c1-23-18-16(10-7-13-20-18)17(22)21-14-19(11-5-6-12-19)15-8-3-2-4-9-15/h2-4,7-10,13H,5-6,11-12,14H2,1H3,(H,21,22). The molecule has 1 aromatic heterocycles. The second-order valence-corrected chi connectivity index (χ2v) is 6.89. The summed E-state index contributed by atoms with van der Waals surface area (Å²) < 4.78 is 0. The number of aromatic nitrogens is 1. The van der Waals surface area contributed by atoms with Gasteiger partial charge in [-0.25, -0.2) is 4.98 Å². The van der Waals surface area contributed by atoms with E-state index in [1.165, 1.54) is 30.2 Å². The van der Waals surface area contributed by atoms with E-state index in [1.54, 1.807) is 6.20 Å². The molecule has 1 fully saturated rings.